The van der Waals surface area contributed by atoms with Crippen molar-refractivity contribution in [2.75, 3.05) is 46.4 Å². The highest BCUT2D eigenvalue weighted by Gasteiger charge is 2.36. The van der Waals surface area contributed by atoms with Crippen LogP contribution in [0.25, 0.3) is 0 Å². The monoisotopic (exact) mass is 594 g/mol. The summed E-state index contributed by atoms with van der Waals surface area (Å²) in [5.41, 5.74) is 7.70. The number of anilines is 2. The highest BCUT2D eigenvalue weighted by molar-refractivity contribution is 6.34. The average Bonchev–Trinajstić information content (AvgIpc) is 3.42. The maximum atomic E-state index is 13.6. The van der Waals surface area contributed by atoms with Crippen molar-refractivity contribution in [3.8, 4) is 11.5 Å². The molecule has 0 aliphatic carbocycles. The first-order chi connectivity index (χ1) is 20.1. The van der Waals surface area contributed by atoms with E-state index in [-0.39, 0.29) is 24.4 Å². The van der Waals surface area contributed by atoms with Gasteiger partial charge in [0.05, 0.1) is 48.6 Å². The fraction of sp³-hybridized carbons (Fsp3) is 0.323. The van der Waals surface area contributed by atoms with Crippen molar-refractivity contribution >= 4 is 40.9 Å². The highest BCUT2D eigenvalue weighted by Crippen LogP contribution is 2.38. The third-order valence-electron chi connectivity index (χ3n) is 7.31. The zero-order valence-electron chi connectivity index (χ0n) is 24.1. The molecule has 0 unspecified atom stereocenters. The van der Waals surface area contributed by atoms with Crippen LogP contribution in [0.3, 0.4) is 0 Å². The van der Waals surface area contributed by atoms with Gasteiger partial charge in [0.1, 0.15) is 18.1 Å². The quantitative estimate of drug-likeness (QED) is 0.344. The SMILES string of the molecule is COC(=O)c1ccc(OC[C@@H]2C[C@H](N(C)C)CN2C(=O)Cc2ccc(N(C(N)=O)c3ccccc3Cl)c(OC)c2)cc1. The normalized spacial score (nSPS) is 16.3. The summed E-state index contributed by atoms with van der Waals surface area (Å²) in [6, 6.07) is 18.1. The number of carbonyl (C=O) groups excluding carboxylic acids is 3. The van der Waals surface area contributed by atoms with Crippen LogP contribution in [0, 0.1) is 0 Å². The van der Waals surface area contributed by atoms with E-state index in [0.717, 1.165) is 12.0 Å². The van der Waals surface area contributed by atoms with Crippen LogP contribution in [0.2, 0.25) is 5.02 Å². The Morgan fingerprint density at radius 1 is 1.00 bits per heavy atom. The summed E-state index contributed by atoms with van der Waals surface area (Å²) in [5.74, 6) is 0.503. The number of urea groups is 1. The predicted molar refractivity (Wildman–Crippen MR) is 161 cm³/mol. The van der Waals surface area contributed by atoms with E-state index in [1.54, 1.807) is 66.7 Å². The van der Waals surface area contributed by atoms with Crippen molar-refractivity contribution in [3.63, 3.8) is 0 Å². The lowest BCUT2D eigenvalue weighted by molar-refractivity contribution is -0.131. The van der Waals surface area contributed by atoms with E-state index < -0.39 is 12.0 Å². The molecule has 3 aromatic rings. The Balaban J connectivity index is 1.50. The third kappa shape index (κ3) is 6.95. The molecule has 0 bridgehead atoms. The van der Waals surface area contributed by atoms with Gasteiger partial charge in [-0.25, -0.2) is 9.59 Å². The van der Waals surface area contributed by atoms with Crippen molar-refractivity contribution in [1.82, 2.24) is 9.80 Å². The zero-order chi connectivity index (χ0) is 30.4. The number of hydrogen-bond donors (Lipinski definition) is 1. The minimum Gasteiger partial charge on any atom is -0.495 e. The molecule has 0 radical (unpaired) electrons. The summed E-state index contributed by atoms with van der Waals surface area (Å²) in [5, 5.41) is 0.356. The van der Waals surface area contributed by atoms with Crippen molar-refractivity contribution in [2.24, 2.45) is 5.73 Å². The number of ether oxygens (including phenoxy) is 3. The number of esters is 1. The number of methoxy groups -OCH3 is 2. The van der Waals surface area contributed by atoms with Gasteiger partial charge in [-0.2, -0.15) is 0 Å². The first-order valence-corrected chi connectivity index (χ1v) is 13.8. The molecule has 0 saturated carbocycles. The number of benzene rings is 3. The number of likely N-dealkylation sites (tertiary alicyclic amines) is 1. The molecular weight excluding hydrogens is 560 g/mol. The molecule has 0 spiro atoms. The van der Waals surface area contributed by atoms with Crippen LogP contribution in [0.4, 0.5) is 16.2 Å². The lowest BCUT2D eigenvalue weighted by Crippen LogP contribution is -2.40. The predicted octanol–water partition coefficient (Wildman–Crippen LogP) is 4.50. The summed E-state index contributed by atoms with van der Waals surface area (Å²) in [7, 11) is 6.81. The second-order valence-corrected chi connectivity index (χ2v) is 10.6. The summed E-state index contributed by atoms with van der Waals surface area (Å²) in [6.07, 6.45) is 0.885. The van der Waals surface area contributed by atoms with Gasteiger partial charge in [0.25, 0.3) is 0 Å². The fourth-order valence-corrected chi connectivity index (χ4v) is 5.24. The molecule has 1 fully saturated rings. The minimum absolute atomic E-state index is 0.0540. The fourth-order valence-electron chi connectivity index (χ4n) is 5.02. The van der Waals surface area contributed by atoms with Gasteiger partial charge in [0.2, 0.25) is 5.91 Å². The molecule has 42 heavy (non-hydrogen) atoms. The third-order valence-corrected chi connectivity index (χ3v) is 7.63. The van der Waals surface area contributed by atoms with E-state index >= 15 is 0 Å². The second kappa shape index (κ2) is 13.6. The number of para-hydroxylation sites is 1. The van der Waals surface area contributed by atoms with Gasteiger partial charge in [-0.05, 0) is 74.6 Å². The first kappa shape index (κ1) is 30.7. The Kier molecular flexibility index (Phi) is 9.92. The Hall–Kier alpha value is -4.28. The molecule has 10 nitrogen and oxygen atoms in total. The molecule has 0 aromatic heterocycles. The van der Waals surface area contributed by atoms with Gasteiger partial charge < -0.3 is 29.7 Å². The number of nitrogens with zero attached hydrogens (tertiary/aromatic N) is 3. The van der Waals surface area contributed by atoms with E-state index in [0.29, 0.717) is 46.6 Å². The topological polar surface area (TPSA) is 115 Å². The van der Waals surface area contributed by atoms with E-state index in [1.807, 2.05) is 19.0 Å². The van der Waals surface area contributed by atoms with E-state index in [1.165, 1.54) is 19.1 Å². The molecule has 1 heterocycles. The van der Waals surface area contributed by atoms with Crippen LogP contribution in [0.5, 0.6) is 11.5 Å². The van der Waals surface area contributed by atoms with Crippen LogP contribution in [-0.2, 0) is 16.0 Å². The second-order valence-electron chi connectivity index (χ2n) is 10.2. The average molecular weight is 595 g/mol. The Morgan fingerprint density at radius 2 is 1.71 bits per heavy atom. The zero-order valence-corrected chi connectivity index (χ0v) is 24.8. The molecule has 222 valence electrons. The van der Waals surface area contributed by atoms with Gasteiger partial charge in [-0.15, -0.1) is 0 Å². The molecule has 1 saturated heterocycles. The van der Waals surface area contributed by atoms with Gasteiger partial charge in [0, 0.05) is 12.6 Å². The van der Waals surface area contributed by atoms with E-state index in [2.05, 4.69) is 4.90 Å². The molecule has 2 atom stereocenters. The molecule has 11 heteroatoms. The maximum Gasteiger partial charge on any atom is 0.337 e. The standard InChI is InChI=1S/C31H35ClN4O6/c1-34(2)22-17-23(19-42-24-12-10-21(11-13-24)30(38)41-4)35(18-22)29(37)16-20-9-14-27(28(15-20)40-3)36(31(33)39)26-8-6-5-7-25(26)32/h5-15,22-23H,16-19H2,1-4H3,(H2,33,39)/t22-,23-/m0/s1. The Morgan fingerprint density at radius 3 is 2.33 bits per heavy atom. The smallest absolute Gasteiger partial charge is 0.337 e. The molecule has 2 N–H and O–H groups in total. The first-order valence-electron chi connectivity index (χ1n) is 13.4. The van der Waals surface area contributed by atoms with Gasteiger partial charge >= 0.3 is 12.0 Å². The molecule has 4 rings (SSSR count). The van der Waals surface area contributed by atoms with Gasteiger partial charge in [-0.3, -0.25) is 9.69 Å². The molecule has 1 aliphatic rings. The van der Waals surface area contributed by atoms with Crippen LogP contribution in [0.1, 0.15) is 22.3 Å². The van der Waals surface area contributed by atoms with Crippen molar-refractivity contribution < 1.29 is 28.6 Å². The lowest BCUT2D eigenvalue weighted by Gasteiger charge is -2.26. The summed E-state index contributed by atoms with van der Waals surface area (Å²) >= 11 is 6.35. The van der Waals surface area contributed by atoms with Crippen molar-refractivity contribution in [3.05, 3.63) is 82.9 Å². The number of rotatable bonds is 10. The van der Waals surface area contributed by atoms with Crippen molar-refractivity contribution in [1.29, 1.82) is 0 Å². The Labute approximate surface area is 250 Å². The molecule has 1 aliphatic heterocycles. The summed E-state index contributed by atoms with van der Waals surface area (Å²) in [4.78, 5) is 43.0. The number of carbonyl (C=O) groups is 3. The van der Waals surface area contributed by atoms with Crippen LogP contribution in [-0.4, -0.2) is 81.3 Å². The van der Waals surface area contributed by atoms with Gasteiger partial charge in [-0.1, -0.05) is 29.8 Å². The van der Waals surface area contributed by atoms with Crippen molar-refractivity contribution in [2.45, 2.75) is 24.9 Å². The van der Waals surface area contributed by atoms with Crippen LogP contribution in [0.15, 0.2) is 66.7 Å². The molecular formula is C31H35ClN4O6. The van der Waals surface area contributed by atoms with Gasteiger partial charge in [0.15, 0.2) is 0 Å². The molecule has 3 aromatic carbocycles. The molecule has 3 amide bonds. The summed E-state index contributed by atoms with van der Waals surface area (Å²) in [6.45, 7) is 0.875. The summed E-state index contributed by atoms with van der Waals surface area (Å²) < 4.78 is 16.4. The number of hydrogen-bond acceptors (Lipinski definition) is 7. The van der Waals surface area contributed by atoms with E-state index in [9.17, 15) is 14.4 Å². The number of halogens is 1. The highest BCUT2D eigenvalue weighted by atomic mass is 35.5. The lowest BCUT2D eigenvalue weighted by atomic mass is 10.1. The number of likely N-dealkylation sites (N-methyl/N-ethyl adjacent to an activating group) is 1. The maximum absolute atomic E-state index is 13.6. The minimum atomic E-state index is -0.722. The number of nitrogens with two attached hydrogens (primary N) is 1. The number of primary amides is 1. The van der Waals surface area contributed by atoms with Crippen LogP contribution < -0.4 is 20.1 Å². The van der Waals surface area contributed by atoms with E-state index in [4.69, 9.17) is 31.5 Å². The largest absolute Gasteiger partial charge is 0.495 e. The Bertz CT molecular complexity index is 1430. The van der Waals surface area contributed by atoms with Crippen LogP contribution >= 0.6 is 11.6 Å². The number of amides is 3.